The zero-order valence-corrected chi connectivity index (χ0v) is 14.7. The third-order valence-corrected chi connectivity index (χ3v) is 4.26. The molecule has 0 aromatic rings. The Labute approximate surface area is 145 Å². The average Bonchev–Trinajstić information content (AvgIpc) is 2.89. The van der Waals surface area contributed by atoms with E-state index in [1.807, 2.05) is 29.2 Å². The third kappa shape index (κ3) is 8.29. The first-order valence-corrected chi connectivity index (χ1v) is 9.07. The standard InChI is InChI=1S/C19H31NO4/c1-2-3-6-9-17(21)13-11-16-12-14-18(22)20(16)15-8-5-4-7-10-19(23)24/h5,8,11,13,16-17,21H,2-4,6-7,9-10,12,14-15H2,1H3,(H,23,24). The number of hydrogen-bond acceptors (Lipinski definition) is 3. The molecule has 0 radical (unpaired) electrons. The smallest absolute Gasteiger partial charge is 0.303 e. The van der Waals surface area contributed by atoms with Crippen LogP contribution in [0, 0.1) is 0 Å². The molecule has 1 aliphatic heterocycles. The first kappa shape index (κ1) is 20.4. The number of allylic oxidation sites excluding steroid dienone is 1. The molecule has 1 saturated heterocycles. The maximum Gasteiger partial charge on any atom is 0.303 e. The summed E-state index contributed by atoms with van der Waals surface area (Å²) in [4.78, 5) is 24.2. The van der Waals surface area contributed by atoms with Crippen molar-refractivity contribution in [2.75, 3.05) is 6.54 Å². The highest BCUT2D eigenvalue weighted by molar-refractivity contribution is 5.79. The van der Waals surface area contributed by atoms with Crippen LogP contribution in [0.4, 0.5) is 0 Å². The first-order valence-electron chi connectivity index (χ1n) is 9.07. The van der Waals surface area contributed by atoms with Crippen molar-refractivity contribution in [2.24, 2.45) is 0 Å². The van der Waals surface area contributed by atoms with Gasteiger partial charge in [0.05, 0.1) is 12.1 Å². The van der Waals surface area contributed by atoms with Gasteiger partial charge in [-0.05, 0) is 25.7 Å². The van der Waals surface area contributed by atoms with Gasteiger partial charge < -0.3 is 15.1 Å². The molecule has 1 rings (SSSR count). The van der Waals surface area contributed by atoms with Gasteiger partial charge in [0.15, 0.2) is 0 Å². The summed E-state index contributed by atoms with van der Waals surface area (Å²) in [5, 5.41) is 18.5. The van der Waals surface area contributed by atoms with E-state index in [4.69, 9.17) is 5.11 Å². The fourth-order valence-electron chi connectivity index (χ4n) is 2.83. The number of aliphatic carboxylic acids is 1. The Morgan fingerprint density at radius 2 is 2.12 bits per heavy atom. The lowest BCUT2D eigenvalue weighted by atomic mass is 10.1. The van der Waals surface area contributed by atoms with Crippen molar-refractivity contribution in [1.29, 1.82) is 0 Å². The molecule has 1 heterocycles. The van der Waals surface area contributed by atoms with Crippen LogP contribution in [0.1, 0.15) is 64.7 Å². The highest BCUT2D eigenvalue weighted by atomic mass is 16.4. The molecular weight excluding hydrogens is 306 g/mol. The van der Waals surface area contributed by atoms with Crippen molar-refractivity contribution >= 4 is 11.9 Å². The molecule has 0 spiro atoms. The summed E-state index contributed by atoms with van der Waals surface area (Å²) in [7, 11) is 0. The van der Waals surface area contributed by atoms with Crippen LogP contribution in [-0.4, -0.2) is 45.7 Å². The van der Waals surface area contributed by atoms with Crippen LogP contribution in [0.15, 0.2) is 24.3 Å². The maximum absolute atomic E-state index is 12.0. The van der Waals surface area contributed by atoms with E-state index >= 15 is 0 Å². The second-order valence-electron chi connectivity index (χ2n) is 6.36. The predicted molar refractivity (Wildman–Crippen MR) is 94.7 cm³/mol. The number of hydrogen-bond donors (Lipinski definition) is 2. The second-order valence-corrected chi connectivity index (χ2v) is 6.36. The van der Waals surface area contributed by atoms with Crippen molar-refractivity contribution in [1.82, 2.24) is 4.90 Å². The normalized spacial score (nSPS) is 19.7. The minimum absolute atomic E-state index is 0.0574. The Kier molecular flexibility index (Phi) is 10.1. The van der Waals surface area contributed by atoms with Crippen molar-refractivity contribution in [3.63, 3.8) is 0 Å². The monoisotopic (exact) mass is 337 g/mol. The lowest BCUT2D eigenvalue weighted by Crippen LogP contribution is -2.32. The number of aliphatic hydroxyl groups excluding tert-OH is 1. The van der Waals surface area contributed by atoms with Crippen LogP contribution in [0.2, 0.25) is 0 Å². The molecule has 0 aromatic carbocycles. The molecule has 0 aromatic heterocycles. The number of likely N-dealkylation sites (tertiary alicyclic amines) is 1. The highest BCUT2D eigenvalue weighted by Gasteiger charge is 2.27. The average molecular weight is 337 g/mol. The van der Waals surface area contributed by atoms with Gasteiger partial charge in [-0.25, -0.2) is 0 Å². The Hall–Kier alpha value is -1.62. The number of aliphatic hydroxyl groups is 1. The molecule has 24 heavy (non-hydrogen) atoms. The second kappa shape index (κ2) is 11.8. The predicted octanol–water partition coefficient (Wildman–Crippen LogP) is 3.29. The summed E-state index contributed by atoms with van der Waals surface area (Å²) in [6, 6.07) is 0.0574. The zero-order chi connectivity index (χ0) is 17.8. The van der Waals surface area contributed by atoms with E-state index < -0.39 is 12.1 Å². The SMILES string of the molecule is CCCCCC(O)C=CC1CCC(=O)N1CC=CCCCC(=O)O. The van der Waals surface area contributed by atoms with E-state index in [1.165, 1.54) is 0 Å². The van der Waals surface area contributed by atoms with E-state index in [0.717, 1.165) is 32.1 Å². The Morgan fingerprint density at radius 3 is 2.83 bits per heavy atom. The van der Waals surface area contributed by atoms with Gasteiger partial charge in [-0.1, -0.05) is 50.5 Å². The number of carbonyl (C=O) groups excluding carboxylic acids is 1. The number of unbranched alkanes of at least 4 members (excludes halogenated alkanes) is 3. The minimum Gasteiger partial charge on any atom is -0.481 e. The molecule has 0 aliphatic carbocycles. The summed E-state index contributed by atoms with van der Waals surface area (Å²) in [6.45, 7) is 2.69. The fourth-order valence-corrected chi connectivity index (χ4v) is 2.83. The van der Waals surface area contributed by atoms with Crippen LogP contribution >= 0.6 is 0 Å². The van der Waals surface area contributed by atoms with Gasteiger partial charge in [-0.2, -0.15) is 0 Å². The van der Waals surface area contributed by atoms with Crippen molar-refractivity contribution in [3.8, 4) is 0 Å². The number of amides is 1. The molecular formula is C19H31NO4. The molecule has 0 bridgehead atoms. The van der Waals surface area contributed by atoms with Crippen molar-refractivity contribution < 1.29 is 19.8 Å². The van der Waals surface area contributed by atoms with Gasteiger partial charge in [0, 0.05) is 19.4 Å². The number of rotatable bonds is 12. The van der Waals surface area contributed by atoms with Crippen LogP contribution in [0.5, 0.6) is 0 Å². The molecule has 1 amide bonds. The zero-order valence-electron chi connectivity index (χ0n) is 14.7. The number of carboxylic acids is 1. The molecule has 5 heteroatoms. The van der Waals surface area contributed by atoms with E-state index in [9.17, 15) is 14.7 Å². The molecule has 2 N–H and O–H groups in total. The Bertz CT molecular complexity index is 445. The third-order valence-electron chi connectivity index (χ3n) is 4.26. The van der Waals surface area contributed by atoms with Crippen LogP contribution in [0.25, 0.3) is 0 Å². The summed E-state index contributed by atoms with van der Waals surface area (Å²) in [5.41, 5.74) is 0. The van der Waals surface area contributed by atoms with Gasteiger partial charge in [0.25, 0.3) is 0 Å². The molecule has 1 aliphatic rings. The van der Waals surface area contributed by atoms with Gasteiger partial charge in [0.2, 0.25) is 5.91 Å². The summed E-state index contributed by atoms with van der Waals surface area (Å²) >= 11 is 0. The quantitative estimate of drug-likeness (QED) is 0.423. The van der Waals surface area contributed by atoms with Gasteiger partial charge >= 0.3 is 5.97 Å². The number of carbonyl (C=O) groups is 2. The molecule has 2 unspecified atom stereocenters. The number of nitrogens with zero attached hydrogens (tertiary/aromatic N) is 1. The Balaban J connectivity index is 2.37. The molecule has 1 fully saturated rings. The van der Waals surface area contributed by atoms with Crippen LogP contribution in [0.3, 0.4) is 0 Å². The molecule has 136 valence electrons. The lowest BCUT2D eigenvalue weighted by Gasteiger charge is -2.21. The summed E-state index contributed by atoms with van der Waals surface area (Å²) in [5.74, 6) is -0.638. The highest BCUT2D eigenvalue weighted by Crippen LogP contribution is 2.20. The Morgan fingerprint density at radius 1 is 1.33 bits per heavy atom. The molecule has 2 atom stereocenters. The van der Waals surface area contributed by atoms with Gasteiger partial charge in [-0.3, -0.25) is 9.59 Å². The van der Waals surface area contributed by atoms with E-state index in [1.54, 1.807) is 0 Å². The number of carboxylic acid groups (broad SMARTS) is 1. The van der Waals surface area contributed by atoms with Gasteiger partial charge in [0.1, 0.15) is 0 Å². The minimum atomic E-state index is -0.777. The van der Waals surface area contributed by atoms with E-state index in [2.05, 4.69) is 6.92 Å². The molecule has 0 saturated carbocycles. The van der Waals surface area contributed by atoms with E-state index in [-0.39, 0.29) is 18.4 Å². The van der Waals surface area contributed by atoms with Crippen LogP contribution in [-0.2, 0) is 9.59 Å². The van der Waals surface area contributed by atoms with Crippen molar-refractivity contribution in [2.45, 2.75) is 76.9 Å². The maximum atomic E-state index is 12.0. The van der Waals surface area contributed by atoms with Crippen molar-refractivity contribution in [3.05, 3.63) is 24.3 Å². The van der Waals surface area contributed by atoms with E-state index in [0.29, 0.717) is 25.8 Å². The summed E-state index contributed by atoms with van der Waals surface area (Å²) in [6.07, 6.45) is 14.1. The molecule has 5 nitrogen and oxygen atoms in total. The van der Waals surface area contributed by atoms with Gasteiger partial charge in [-0.15, -0.1) is 0 Å². The summed E-state index contributed by atoms with van der Waals surface area (Å²) < 4.78 is 0. The first-order chi connectivity index (χ1) is 11.5. The fraction of sp³-hybridized carbons (Fsp3) is 0.684. The largest absolute Gasteiger partial charge is 0.481 e. The lowest BCUT2D eigenvalue weighted by molar-refractivity contribution is -0.137. The topological polar surface area (TPSA) is 77.8 Å². The van der Waals surface area contributed by atoms with Crippen LogP contribution < -0.4 is 0 Å².